The minimum absolute atomic E-state index is 0.303. The summed E-state index contributed by atoms with van der Waals surface area (Å²) in [7, 11) is 0. The van der Waals surface area contributed by atoms with Crippen molar-refractivity contribution < 1.29 is 19.1 Å². The number of ether oxygens (including phenoxy) is 2. The van der Waals surface area contributed by atoms with Crippen molar-refractivity contribution in [3.05, 3.63) is 64.5 Å². The highest BCUT2D eigenvalue weighted by molar-refractivity contribution is 7.16. The zero-order chi connectivity index (χ0) is 19.9. The van der Waals surface area contributed by atoms with E-state index in [1.165, 1.54) is 11.3 Å². The maximum Gasteiger partial charge on any atom is 0.338 e. The molecule has 3 aromatic rings. The Morgan fingerprint density at radius 2 is 1.82 bits per heavy atom. The average Bonchev–Trinajstić information content (AvgIpc) is 3.05. The monoisotopic (exact) mass is 398 g/mol. The number of rotatable bonds is 7. The third-order valence-electron chi connectivity index (χ3n) is 4.08. The molecule has 3 rings (SSSR count). The Labute approximate surface area is 167 Å². The van der Waals surface area contributed by atoms with Crippen LogP contribution in [0.15, 0.2) is 53.5 Å². The molecule has 0 saturated carbocycles. The van der Waals surface area contributed by atoms with Gasteiger partial charge in [-0.15, -0.1) is 0 Å². The maximum atomic E-state index is 12.6. The number of carbonyl (C=O) groups excluding carboxylic acids is 2. The third kappa shape index (κ3) is 4.55. The SMILES string of the molecule is CCOCCn1c(=NC(=O)c2ccccc2)sc2cc(C(=O)OCC)ccc21. The Morgan fingerprint density at radius 3 is 2.54 bits per heavy atom. The van der Waals surface area contributed by atoms with Crippen LogP contribution in [0.2, 0.25) is 0 Å². The summed E-state index contributed by atoms with van der Waals surface area (Å²) in [5.41, 5.74) is 1.91. The molecule has 1 amide bonds. The molecule has 0 aliphatic carbocycles. The smallest absolute Gasteiger partial charge is 0.338 e. The van der Waals surface area contributed by atoms with Gasteiger partial charge in [0.25, 0.3) is 5.91 Å². The Hall–Kier alpha value is -2.77. The van der Waals surface area contributed by atoms with Crippen molar-refractivity contribution in [3.8, 4) is 0 Å². The van der Waals surface area contributed by atoms with Crippen molar-refractivity contribution in [2.75, 3.05) is 19.8 Å². The van der Waals surface area contributed by atoms with Gasteiger partial charge >= 0.3 is 5.97 Å². The first kappa shape index (κ1) is 20.0. The second-order valence-corrected chi connectivity index (χ2v) is 6.93. The molecule has 0 aliphatic heterocycles. The van der Waals surface area contributed by atoms with Gasteiger partial charge in [0.2, 0.25) is 0 Å². The molecule has 0 N–H and O–H groups in total. The largest absolute Gasteiger partial charge is 0.462 e. The van der Waals surface area contributed by atoms with Crippen LogP contribution in [0.3, 0.4) is 0 Å². The molecule has 1 aromatic heterocycles. The molecule has 0 fully saturated rings. The van der Waals surface area contributed by atoms with Gasteiger partial charge in [-0.1, -0.05) is 29.5 Å². The summed E-state index contributed by atoms with van der Waals surface area (Å²) in [6.07, 6.45) is 0. The molecule has 1 heterocycles. The molecule has 2 aromatic carbocycles. The highest BCUT2D eigenvalue weighted by atomic mass is 32.1. The van der Waals surface area contributed by atoms with Gasteiger partial charge in [-0.25, -0.2) is 4.79 Å². The van der Waals surface area contributed by atoms with Gasteiger partial charge in [0.05, 0.1) is 29.0 Å². The summed E-state index contributed by atoms with van der Waals surface area (Å²) >= 11 is 1.37. The van der Waals surface area contributed by atoms with Crippen LogP contribution < -0.4 is 4.80 Å². The summed E-state index contributed by atoms with van der Waals surface area (Å²) in [4.78, 5) is 29.5. The van der Waals surface area contributed by atoms with E-state index >= 15 is 0 Å². The summed E-state index contributed by atoms with van der Waals surface area (Å²) in [6, 6.07) is 14.3. The lowest BCUT2D eigenvalue weighted by Crippen LogP contribution is -2.19. The maximum absolute atomic E-state index is 12.6. The predicted octanol–water partition coefficient (Wildman–Crippen LogP) is 3.66. The summed E-state index contributed by atoms with van der Waals surface area (Å²) in [5.74, 6) is -0.666. The van der Waals surface area contributed by atoms with Crippen LogP contribution in [0, 0.1) is 0 Å². The van der Waals surface area contributed by atoms with Gasteiger partial charge < -0.3 is 14.0 Å². The molecule has 6 nitrogen and oxygen atoms in total. The molecule has 0 bridgehead atoms. The topological polar surface area (TPSA) is 69.9 Å². The molecule has 0 radical (unpaired) electrons. The number of aromatic nitrogens is 1. The number of nitrogens with zero attached hydrogens (tertiary/aromatic N) is 2. The van der Waals surface area contributed by atoms with Crippen molar-refractivity contribution in [2.24, 2.45) is 4.99 Å². The lowest BCUT2D eigenvalue weighted by atomic mass is 10.2. The van der Waals surface area contributed by atoms with Gasteiger partial charge in [-0.3, -0.25) is 4.79 Å². The molecule has 0 aliphatic rings. The molecule has 0 atom stereocenters. The lowest BCUT2D eigenvalue weighted by molar-refractivity contribution is 0.0526. The first-order chi connectivity index (χ1) is 13.6. The van der Waals surface area contributed by atoms with Gasteiger partial charge in [0.15, 0.2) is 4.80 Å². The van der Waals surface area contributed by atoms with E-state index in [2.05, 4.69) is 4.99 Å². The van der Waals surface area contributed by atoms with Crippen LogP contribution in [-0.4, -0.2) is 36.3 Å². The zero-order valence-electron chi connectivity index (χ0n) is 15.9. The molecule has 28 heavy (non-hydrogen) atoms. The molecule has 146 valence electrons. The second kappa shape index (κ2) is 9.43. The van der Waals surface area contributed by atoms with Crippen LogP contribution in [0.5, 0.6) is 0 Å². The van der Waals surface area contributed by atoms with Crippen LogP contribution in [0.25, 0.3) is 10.2 Å². The molecular weight excluding hydrogens is 376 g/mol. The van der Waals surface area contributed by atoms with Crippen molar-refractivity contribution in [3.63, 3.8) is 0 Å². The summed E-state index contributed by atoms with van der Waals surface area (Å²) in [5, 5.41) is 0. The normalized spacial score (nSPS) is 11.7. The Balaban J connectivity index is 2.05. The standard InChI is InChI=1S/C21H22N2O4S/c1-3-26-13-12-23-17-11-10-16(20(25)27-4-2)14-18(17)28-21(23)22-19(24)15-8-6-5-7-9-15/h5-11,14H,3-4,12-13H2,1-2H3. The summed E-state index contributed by atoms with van der Waals surface area (Å²) in [6.45, 7) is 5.72. The van der Waals surface area contributed by atoms with E-state index in [9.17, 15) is 9.59 Å². The van der Waals surface area contributed by atoms with Crippen molar-refractivity contribution in [1.82, 2.24) is 4.57 Å². The lowest BCUT2D eigenvalue weighted by Gasteiger charge is -2.06. The first-order valence-corrected chi connectivity index (χ1v) is 9.98. The fourth-order valence-electron chi connectivity index (χ4n) is 2.75. The number of esters is 1. The molecule has 0 spiro atoms. The van der Waals surface area contributed by atoms with E-state index in [4.69, 9.17) is 9.47 Å². The van der Waals surface area contributed by atoms with E-state index in [1.807, 2.05) is 35.8 Å². The van der Waals surface area contributed by atoms with Crippen molar-refractivity contribution in [1.29, 1.82) is 0 Å². The van der Waals surface area contributed by atoms with E-state index < -0.39 is 0 Å². The fourth-order valence-corrected chi connectivity index (χ4v) is 3.84. The predicted molar refractivity (Wildman–Crippen MR) is 109 cm³/mol. The van der Waals surface area contributed by atoms with Crippen LogP contribution in [0.4, 0.5) is 0 Å². The van der Waals surface area contributed by atoms with E-state index in [0.29, 0.717) is 42.3 Å². The average molecular weight is 398 g/mol. The van der Waals surface area contributed by atoms with Crippen LogP contribution >= 0.6 is 11.3 Å². The van der Waals surface area contributed by atoms with Crippen molar-refractivity contribution in [2.45, 2.75) is 20.4 Å². The van der Waals surface area contributed by atoms with Crippen LogP contribution in [-0.2, 0) is 16.0 Å². The van der Waals surface area contributed by atoms with Crippen LogP contribution in [0.1, 0.15) is 34.6 Å². The quantitative estimate of drug-likeness (QED) is 0.450. The Bertz CT molecular complexity index is 1040. The minimum Gasteiger partial charge on any atom is -0.462 e. The second-order valence-electron chi connectivity index (χ2n) is 5.92. The Kier molecular flexibility index (Phi) is 6.73. The minimum atomic E-state index is -0.363. The molecular formula is C21H22N2O4S. The van der Waals surface area contributed by atoms with Gasteiger partial charge in [0.1, 0.15) is 0 Å². The summed E-state index contributed by atoms with van der Waals surface area (Å²) < 4.78 is 13.4. The number of hydrogen-bond donors (Lipinski definition) is 0. The molecule has 7 heteroatoms. The zero-order valence-corrected chi connectivity index (χ0v) is 16.7. The van der Waals surface area contributed by atoms with Gasteiger partial charge in [-0.05, 0) is 44.2 Å². The highest BCUT2D eigenvalue weighted by Gasteiger charge is 2.13. The van der Waals surface area contributed by atoms with E-state index in [-0.39, 0.29) is 11.9 Å². The third-order valence-corrected chi connectivity index (χ3v) is 5.12. The first-order valence-electron chi connectivity index (χ1n) is 9.16. The molecule has 0 saturated heterocycles. The number of carbonyl (C=O) groups is 2. The fraction of sp³-hybridized carbons (Fsp3) is 0.286. The number of hydrogen-bond acceptors (Lipinski definition) is 5. The number of fused-ring (bicyclic) bond motifs is 1. The Morgan fingerprint density at radius 1 is 1.04 bits per heavy atom. The number of thiazole rings is 1. The number of amides is 1. The van der Waals surface area contributed by atoms with E-state index in [1.54, 1.807) is 31.2 Å². The van der Waals surface area contributed by atoms with E-state index in [0.717, 1.165) is 10.2 Å². The van der Waals surface area contributed by atoms with Crippen molar-refractivity contribution >= 4 is 33.4 Å². The molecule has 0 unspecified atom stereocenters. The number of benzene rings is 2. The van der Waals surface area contributed by atoms with Gasteiger partial charge in [-0.2, -0.15) is 4.99 Å². The van der Waals surface area contributed by atoms with Gasteiger partial charge in [0, 0.05) is 18.7 Å². The highest BCUT2D eigenvalue weighted by Crippen LogP contribution is 2.20.